The molecule has 0 unspecified atom stereocenters. The van der Waals surface area contributed by atoms with Crippen LogP contribution in [0.25, 0.3) is 0 Å². The molecule has 1 heterocycles. The minimum absolute atomic E-state index is 0.169. The van der Waals surface area contributed by atoms with E-state index in [0.29, 0.717) is 24.5 Å². The van der Waals surface area contributed by atoms with Gasteiger partial charge in [-0.25, -0.2) is 4.39 Å². The molecule has 4 heteroatoms. The molecule has 0 aromatic heterocycles. The minimum atomic E-state index is -0.340. The first kappa shape index (κ1) is 13.1. The van der Waals surface area contributed by atoms with Gasteiger partial charge in [-0.15, -0.1) is 0 Å². The summed E-state index contributed by atoms with van der Waals surface area (Å²) >= 11 is 6.07. The van der Waals surface area contributed by atoms with E-state index in [1.54, 1.807) is 6.07 Å². The molecule has 0 saturated heterocycles. The number of rotatable bonds is 2. The Morgan fingerprint density at radius 3 is 2.80 bits per heavy atom. The van der Waals surface area contributed by atoms with Crippen molar-refractivity contribution < 1.29 is 9.18 Å². The van der Waals surface area contributed by atoms with Crippen LogP contribution in [0.4, 0.5) is 10.1 Å². The molecular formula is C16H13ClFNO. The average molecular weight is 290 g/mol. The smallest absolute Gasteiger partial charge is 0.166 e. The molecule has 0 spiro atoms. The van der Waals surface area contributed by atoms with E-state index in [0.717, 1.165) is 16.8 Å². The summed E-state index contributed by atoms with van der Waals surface area (Å²) in [5, 5.41) is 0.416. The van der Waals surface area contributed by atoms with Gasteiger partial charge in [0.25, 0.3) is 0 Å². The van der Waals surface area contributed by atoms with Crippen molar-refractivity contribution in [1.82, 2.24) is 0 Å². The molecule has 0 aliphatic carbocycles. The molecule has 1 aliphatic rings. The number of para-hydroxylation sites is 1. The maximum Gasteiger partial charge on any atom is 0.166 e. The Morgan fingerprint density at radius 2 is 2.00 bits per heavy atom. The van der Waals surface area contributed by atoms with Crippen LogP contribution in [0, 0.1) is 5.82 Å². The van der Waals surface area contributed by atoms with E-state index in [-0.39, 0.29) is 11.6 Å². The normalized spacial score (nSPS) is 14.3. The van der Waals surface area contributed by atoms with Crippen LogP contribution in [-0.4, -0.2) is 12.3 Å². The maximum atomic E-state index is 13.1. The topological polar surface area (TPSA) is 20.3 Å². The summed E-state index contributed by atoms with van der Waals surface area (Å²) < 4.78 is 13.1. The Morgan fingerprint density at radius 1 is 1.20 bits per heavy atom. The van der Waals surface area contributed by atoms with Gasteiger partial charge in [-0.3, -0.25) is 4.79 Å². The number of fused-ring (bicyclic) bond motifs is 1. The first-order valence-corrected chi connectivity index (χ1v) is 6.84. The molecule has 3 rings (SSSR count). The highest BCUT2D eigenvalue weighted by Crippen LogP contribution is 2.29. The molecule has 0 N–H and O–H groups in total. The Balaban J connectivity index is 1.92. The fraction of sp³-hybridized carbons (Fsp3) is 0.188. The van der Waals surface area contributed by atoms with Crippen molar-refractivity contribution in [2.45, 2.75) is 13.0 Å². The Kier molecular flexibility index (Phi) is 3.45. The van der Waals surface area contributed by atoms with Gasteiger partial charge in [0.1, 0.15) is 5.82 Å². The Bertz CT molecular complexity index is 671. The SMILES string of the molecule is O=C1CCN(Cc2ccc(F)cc2Cl)c2ccccc21. The second-order valence-electron chi connectivity index (χ2n) is 4.85. The summed E-state index contributed by atoms with van der Waals surface area (Å²) in [4.78, 5) is 14.0. The van der Waals surface area contributed by atoms with Crippen LogP contribution in [0.3, 0.4) is 0 Å². The summed E-state index contributed by atoms with van der Waals surface area (Å²) in [6, 6.07) is 12.0. The largest absolute Gasteiger partial charge is 0.366 e. The molecule has 0 fully saturated rings. The first-order chi connectivity index (χ1) is 9.65. The Hall–Kier alpha value is -1.87. The van der Waals surface area contributed by atoms with Crippen LogP contribution in [0.2, 0.25) is 5.02 Å². The third-order valence-corrected chi connectivity index (χ3v) is 3.88. The molecule has 20 heavy (non-hydrogen) atoms. The highest BCUT2D eigenvalue weighted by atomic mass is 35.5. The molecule has 0 bridgehead atoms. The first-order valence-electron chi connectivity index (χ1n) is 6.46. The fourth-order valence-corrected chi connectivity index (χ4v) is 2.72. The second-order valence-corrected chi connectivity index (χ2v) is 5.25. The molecule has 2 nitrogen and oxygen atoms in total. The number of benzene rings is 2. The second kappa shape index (κ2) is 5.25. The molecule has 0 radical (unpaired) electrons. The number of nitrogens with zero attached hydrogens (tertiary/aromatic N) is 1. The molecule has 2 aromatic carbocycles. The summed E-state index contributed by atoms with van der Waals surface area (Å²) in [6.07, 6.45) is 0.496. The van der Waals surface area contributed by atoms with E-state index in [9.17, 15) is 9.18 Å². The van der Waals surface area contributed by atoms with Crippen molar-refractivity contribution in [3.05, 3.63) is 64.4 Å². The van der Waals surface area contributed by atoms with E-state index in [4.69, 9.17) is 11.6 Å². The van der Waals surface area contributed by atoms with Crippen LogP contribution in [0.5, 0.6) is 0 Å². The molecule has 0 saturated carbocycles. The Labute approximate surface area is 121 Å². The number of hydrogen-bond acceptors (Lipinski definition) is 2. The lowest BCUT2D eigenvalue weighted by molar-refractivity contribution is 0.0979. The van der Waals surface area contributed by atoms with Crippen LogP contribution >= 0.6 is 11.6 Å². The van der Waals surface area contributed by atoms with Gasteiger partial charge in [0, 0.05) is 35.8 Å². The highest BCUT2D eigenvalue weighted by Gasteiger charge is 2.22. The standard InChI is InChI=1S/C16H13ClFNO/c17-14-9-12(18)6-5-11(14)10-19-8-7-16(20)13-3-1-2-4-15(13)19/h1-6,9H,7-8,10H2. The fourth-order valence-electron chi connectivity index (χ4n) is 2.50. The highest BCUT2D eigenvalue weighted by molar-refractivity contribution is 6.31. The van der Waals surface area contributed by atoms with E-state index >= 15 is 0 Å². The van der Waals surface area contributed by atoms with Gasteiger partial charge in [-0.1, -0.05) is 29.8 Å². The molecule has 2 aromatic rings. The number of halogens is 2. The third kappa shape index (κ3) is 2.41. The number of carbonyl (C=O) groups is 1. The van der Waals surface area contributed by atoms with Crippen LogP contribution in [0.15, 0.2) is 42.5 Å². The summed E-state index contributed by atoms with van der Waals surface area (Å²) in [5.74, 6) is -0.171. The zero-order chi connectivity index (χ0) is 14.1. The van der Waals surface area contributed by atoms with Gasteiger partial charge in [0.15, 0.2) is 5.78 Å². The summed E-state index contributed by atoms with van der Waals surface area (Å²) in [7, 11) is 0. The summed E-state index contributed by atoms with van der Waals surface area (Å²) in [6.45, 7) is 1.23. The van der Waals surface area contributed by atoms with E-state index in [1.807, 2.05) is 24.3 Å². The predicted octanol–water partition coefficient (Wildman–Crippen LogP) is 4.07. The number of carbonyl (C=O) groups excluding carboxylic acids is 1. The van der Waals surface area contributed by atoms with Crippen molar-refractivity contribution in [3.63, 3.8) is 0 Å². The van der Waals surface area contributed by atoms with Crippen molar-refractivity contribution in [2.75, 3.05) is 11.4 Å². The zero-order valence-corrected chi connectivity index (χ0v) is 11.5. The minimum Gasteiger partial charge on any atom is -0.366 e. The molecular weight excluding hydrogens is 277 g/mol. The van der Waals surface area contributed by atoms with Gasteiger partial charge >= 0.3 is 0 Å². The number of Topliss-reactive ketones (excluding diaryl/α,β-unsaturated/α-hetero) is 1. The number of ketones is 1. The van der Waals surface area contributed by atoms with E-state index in [2.05, 4.69) is 4.90 Å². The zero-order valence-electron chi connectivity index (χ0n) is 10.8. The van der Waals surface area contributed by atoms with Crippen molar-refractivity contribution in [3.8, 4) is 0 Å². The lowest BCUT2D eigenvalue weighted by atomic mass is 10.00. The molecule has 102 valence electrons. The number of hydrogen-bond donors (Lipinski definition) is 0. The average Bonchev–Trinajstić information content (AvgIpc) is 2.45. The van der Waals surface area contributed by atoms with Gasteiger partial charge < -0.3 is 4.90 Å². The number of anilines is 1. The lowest BCUT2D eigenvalue weighted by Gasteiger charge is -2.30. The quantitative estimate of drug-likeness (QED) is 0.830. The predicted molar refractivity (Wildman–Crippen MR) is 77.8 cm³/mol. The molecule has 0 amide bonds. The molecule has 0 atom stereocenters. The van der Waals surface area contributed by atoms with Gasteiger partial charge in [-0.2, -0.15) is 0 Å². The van der Waals surface area contributed by atoms with Crippen molar-refractivity contribution >= 4 is 23.1 Å². The monoisotopic (exact) mass is 289 g/mol. The van der Waals surface area contributed by atoms with Crippen molar-refractivity contribution in [2.24, 2.45) is 0 Å². The van der Waals surface area contributed by atoms with Gasteiger partial charge in [-0.05, 0) is 29.8 Å². The maximum absolute atomic E-state index is 13.1. The van der Waals surface area contributed by atoms with Gasteiger partial charge in [0.05, 0.1) is 0 Å². The van der Waals surface area contributed by atoms with Crippen LogP contribution in [-0.2, 0) is 6.54 Å². The van der Waals surface area contributed by atoms with Gasteiger partial charge in [0.2, 0.25) is 0 Å². The lowest BCUT2D eigenvalue weighted by Crippen LogP contribution is -2.31. The van der Waals surface area contributed by atoms with Crippen LogP contribution < -0.4 is 4.90 Å². The van der Waals surface area contributed by atoms with Crippen LogP contribution in [0.1, 0.15) is 22.3 Å². The van der Waals surface area contributed by atoms with E-state index in [1.165, 1.54) is 12.1 Å². The molecule has 1 aliphatic heterocycles. The van der Waals surface area contributed by atoms with Crippen molar-refractivity contribution in [1.29, 1.82) is 0 Å². The van der Waals surface area contributed by atoms with E-state index < -0.39 is 0 Å². The summed E-state index contributed by atoms with van der Waals surface area (Å²) in [5.41, 5.74) is 2.53. The third-order valence-electron chi connectivity index (χ3n) is 3.53.